The minimum atomic E-state index is -0.326. The maximum Gasteiger partial charge on any atom is 0.265 e. The van der Waals surface area contributed by atoms with E-state index in [1.54, 1.807) is 22.8 Å². The first-order valence-electron chi connectivity index (χ1n) is 8.08. The van der Waals surface area contributed by atoms with Crippen LogP contribution in [0.3, 0.4) is 0 Å². The lowest BCUT2D eigenvalue weighted by molar-refractivity contribution is -0.130. The number of fused-ring (bicyclic) bond motifs is 1. The van der Waals surface area contributed by atoms with Gasteiger partial charge in [-0.15, -0.1) is 6.58 Å². The first-order valence-corrected chi connectivity index (χ1v) is 8.08. The van der Waals surface area contributed by atoms with Crippen molar-refractivity contribution in [2.75, 3.05) is 26.2 Å². The second-order valence-electron chi connectivity index (χ2n) is 6.00. The van der Waals surface area contributed by atoms with E-state index in [9.17, 15) is 14.4 Å². The number of rotatable bonds is 3. The van der Waals surface area contributed by atoms with Crippen LogP contribution in [0.15, 0.2) is 28.2 Å². The lowest BCUT2D eigenvalue weighted by Crippen LogP contribution is -2.50. The minimum Gasteiger partial charge on any atom is -0.442 e. The third-order valence-corrected chi connectivity index (χ3v) is 4.41. The molecule has 2 aromatic rings. The third-order valence-electron chi connectivity index (χ3n) is 4.41. The topological polar surface area (TPSA) is 88.7 Å². The van der Waals surface area contributed by atoms with Crippen LogP contribution in [0.25, 0.3) is 11.1 Å². The van der Waals surface area contributed by atoms with E-state index in [-0.39, 0.29) is 34.0 Å². The maximum atomic E-state index is 13.0. The molecule has 0 bridgehead atoms. The molecular weight excluding hydrogens is 324 g/mol. The molecule has 0 saturated carbocycles. The van der Waals surface area contributed by atoms with Crippen LogP contribution < -0.4 is 5.56 Å². The van der Waals surface area contributed by atoms with Crippen LogP contribution in [0.2, 0.25) is 0 Å². The quantitative estimate of drug-likeness (QED) is 0.768. The van der Waals surface area contributed by atoms with Gasteiger partial charge < -0.3 is 14.2 Å². The lowest BCUT2D eigenvalue weighted by atomic mass is 10.1. The summed E-state index contributed by atoms with van der Waals surface area (Å²) in [5.74, 6) is 0.0956. The Hall–Kier alpha value is -2.90. The molecule has 2 amide bonds. The first kappa shape index (κ1) is 16.9. The second kappa shape index (κ2) is 6.54. The molecule has 0 aliphatic carbocycles. The number of hydrogen-bond acceptors (Lipinski definition) is 5. The van der Waals surface area contributed by atoms with Crippen molar-refractivity contribution in [1.82, 2.24) is 19.4 Å². The van der Waals surface area contributed by atoms with Crippen LogP contribution >= 0.6 is 0 Å². The Morgan fingerprint density at radius 1 is 1.28 bits per heavy atom. The summed E-state index contributed by atoms with van der Waals surface area (Å²) in [5.41, 5.74) is 0.0863. The second-order valence-corrected chi connectivity index (χ2v) is 6.00. The molecule has 0 unspecified atom stereocenters. The molecule has 132 valence electrons. The van der Waals surface area contributed by atoms with E-state index >= 15 is 0 Å². The molecule has 0 N–H and O–H groups in total. The predicted molar refractivity (Wildman–Crippen MR) is 91.4 cm³/mol. The number of furan rings is 1. The third kappa shape index (κ3) is 2.95. The summed E-state index contributed by atoms with van der Waals surface area (Å²) < 4.78 is 6.91. The Kier molecular flexibility index (Phi) is 4.43. The fraction of sp³-hybridized carbons (Fsp3) is 0.412. The summed E-state index contributed by atoms with van der Waals surface area (Å²) in [6, 6.07) is 0. The van der Waals surface area contributed by atoms with Crippen molar-refractivity contribution >= 4 is 22.9 Å². The molecule has 2 aromatic heterocycles. The van der Waals surface area contributed by atoms with Crippen molar-refractivity contribution in [3.05, 3.63) is 40.7 Å². The van der Waals surface area contributed by atoms with Crippen LogP contribution in [0.5, 0.6) is 0 Å². The lowest BCUT2D eigenvalue weighted by Gasteiger charge is -2.34. The summed E-state index contributed by atoms with van der Waals surface area (Å²) in [4.78, 5) is 44.5. The zero-order chi connectivity index (χ0) is 18.1. The normalized spacial score (nSPS) is 14.8. The Balaban J connectivity index is 1.98. The summed E-state index contributed by atoms with van der Waals surface area (Å²) in [6.07, 6.45) is 2.97. The highest BCUT2D eigenvalue weighted by Gasteiger charge is 2.29. The molecule has 1 saturated heterocycles. The predicted octanol–water partition coefficient (Wildman–Crippen LogP) is 0.788. The molecule has 1 fully saturated rings. The summed E-state index contributed by atoms with van der Waals surface area (Å²) >= 11 is 0. The largest absolute Gasteiger partial charge is 0.442 e. The first-order chi connectivity index (χ1) is 11.9. The molecule has 8 nitrogen and oxygen atoms in total. The summed E-state index contributed by atoms with van der Waals surface area (Å²) in [7, 11) is 0. The molecule has 0 spiro atoms. The molecule has 25 heavy (non-hydrogen) atoms. The van der Waals surface area contributed by atoms with Crippen molar-refractivity contribution in [3.63, 3.8) is 0 Å². The average molecular weight is 344 g/mol. The fourth-order valence-corrected chi connectivity index (χ4v) is 3.05. The average Bonchev–Trinajstić information content (AvgIpc) is 2.94. The van der Waals surface area contributed by atoms with Gasteiger partial charge in [0, 0.05) is 39.6 Å². The molecule has 0 radical (unpaired) electrons. The van der Waals surface area contributed by atoms with Gasteiger partial charge in [0.1, 0.15) is 17.5 Å². The number of carbonyl (C=O) groups excluding carboxylic acids is 2. The number of hydrogen-bond donors (Lipinski definition) is 0. The molecule has 8 heteroatoms. The van der Waals surface area contributed by atoms with E-state index in [2.05, 4.69) is 11.6 Å². The van der Waals surface area contributed by atoms with Gasteiger partial charge in [-0.25, -0.2) is 4.98 Å². The summed E-state index contributed by atoms with van der Waals surface area (Å²) in [5, 5.41) is 0.195. The van der Waals surface area contributed by atoms with Crippen LogP contribution in [-0.4, -0.2) is 57.3 Å². The van der Waals surface area contributed by atoms with Crippen molar-refractivity contribution in [2.24, 2.45) is 0 Å². The highest BCUT2D eigenvalue weighted by Crippen LogP contribution is 2.23. The Morgan fingerprint density at radius 2 is 1.92 bits per heavy atom. The zero-order valence-corrected chi connectivity index (χ0v) is 14.3. The number of aromatic nitrogens is 2. The number of carbonyl (C=O) groups is 2. The van der Waals surface area contributed by atoms with E-state index < -0.39 is 0 Å². The van der Waals surface area contributed by atoms with Gasteiger partial charge in [0.25, 0.3) is 11.5 Å². The SMILES string of the molecule is C=CCn1cnc2oc(C)c(C(=O)N3CCN(C(C)=O)CC3)c2c1=O. The van der Waals surface area contributed by atoms with Crippen LogP contribution in [0, 0.1) is 6.92 Å². The van der Waals surface area contributed by atoms with Crippen molar-refractivity contribution in [1.29, 1.82) is 0 Å². The van der Waals surface area contributed by atoms with E-state index in [0.29, 0.717) is 38.5 Å². The monoisotopic (exact) mass is 344 g/mol. The van der Waals surface area contributed by atoms with E-state index in [4.69, 9.17) is 4.42 Å². The van der Waals surface area contributed by atoms with Crippen molar-refractivity contribution < 1.29 is 14.0 Å². The minimum absolute atomic E-state index is 0.00597. The van der Waals surface area contributed by atoms with Gasteiger partial charge in [0.2, 0.25) is 11.6 Å². The van der Waals surface area contributed by atoms with E-state index in [1.807, 2.05) is 0 Å². The molecule has 3 rings (SSSR count). The number of aryl methyl sites for hydroxylation is 1. The Morgan fingerprint density at radius 3 is 2.52 bits per heavy atom. The molecule has 0 aromatic carbocycles. The highest BCUT2D eigenvalue weighted by molar-refractivity contribution is 6.06. The van der Waals surface area contributed by atoms with Gasteiger partial charge in [-0.3, -0.25) is 19.0 Å². The van der Waals surface area contributed by atoms with Gasteiger partial charge in [0.15, 0.2) is 0 Å². The van der Waals surface area contributed by atoms with E-state index in [1.165, 1.54) is 17.8 Å². The number of nitrogens with zero attached hydrogens (tertiary/aromatic N) is 4. The zero-order valence-electron chi connectivity index (χ0n) is 14.3. The van der Waals surface area contributed by atoms with Crippen LogP contribution in [-0.2, 0) is 11.3 Å². The van der Waals surface area contributed by atoms with Gasteiger partial charge in [0.05, 0.1) is 5.56 Å². The van der Waals surface area contributed by atoms with Gasteiger partial charge >= 0.3 is 0 Å². The smallest absolute Gasteiger partial charge is 0.265 e. The standard InChI is InChI=1S/C17H20N4O4/c1-4-5-21-10-18-15-14(17(21)24)13(11(2)25-15)16(23)20-8-6-19(7-9-20)12(3)22/h4,10H,1,5-9H2,2-3H3. The molecule has 1 aliphatic rings. The fourth-order valence-electron chi connectivity index (χ4n) is 3.05. The number of allylic oxidation sites excluding steroid dienone is 1. The van der Waals surface area contributed by atoms with Gasteiger partial charge in [-0.05, 0) is 6.92 Å². The molecule has 1 aliphatic heterocycles. The van der Waals surface area contributed by atoms with E-state index in [0.717, 1.165) is 0 Å². The Labute approximate surface area is 144 Å². The van der Waals surface area contributed by atoms with Crippen molar-refractivity contribution in [2.45, 2.75) is 20.4 Å². The molecule has 3 heterocycles. The molecular formula is C17H20N4O4. The number of piperazine rings is 1. The van der Waals surface area contributed by atoms with Gasteiger partial charge in [-0.1, -0.05) is 6.08 Å². The van der Waals surface area contributed by atoms with Crippen LogP contribution in [0.4, 0.5) is 0 Å². The maximum absolute atomic E-state index is 13.0. The number of amides is 2. The Bertz CT molecular complexity index is 903. The molecule has 0 atom stereocenters. The summed E-state index contributed by atoms with van der Waals surface area (Å²) in [6.45, 7) is 8.89. The highest BCUT2D eigenvalue weighted by atomic mass is 16.3. The van der Waals surface area contributed by atoms with Crippen molar-refractivity contribution in [3.8, 4) is 0 Å². The van der Waals surface area contributed by atoms with Gasteiger partial charge in [-0.2, -0.15) is 0 Å². The van der Waals surface area contributed by atoms with Crippen LogP contribution in [0.1, 0.15) is 23.0 Å².